The second-order valence-electron chi connectivity index (χ2n) is 7.32. The molecule has 174 valence electrons. The number of fused-ring (bicyclic) bond motifs is 1. The van der Waals surface area contributed by atoms with E-state index in [-0.39, 0.29) is 22.9 Å². The van der Waals surface area contributed by atoms with E-state index in [1.54, 1.807) is 31.2 Å². The van der Waals surface area contributed by atoms with Crippen molar-refractivity contribution in [1.29, 1.82) is 0 Å². The van der Waals surface area contributed by atoms with Crippen molar-refractivity contribution in [2.24, 2.45) is 0 Å². The molecule has 4 rings (SSSR count). The van der Waals surface area contributed by atoms with E-state index < -0.39 is 32.5 Å². The van der Waals surface area contributed by atoms with E-state index in [4.69, 9.17) is 4.74 Å². The fourth-order valence-corrected chi connectivity index (χ4v) is 4.28. The second-order valence-corrected chi connectivity index (χ2v) is 9.15. The molecule has 0 saturated heterocycles. The molecule has 1 heterocycles. The molecule has 0 fully saturated rings. The number of anilines is 1. The largest absolute Gasteiger partial charge is 0.438 e. The number of nitrogens with zero attached hydrogens (tertiary/aromatic N) is 1. The van der Waals surface area contributed by atoms with E-state index in [1.165, 1.54) is 36.4 Å². The van der Waals surface area contributed by atoms with Gasteiger partial charge in [0.1, 0.15) is 27.8 Å². The number of benzene rings is 3. The zero-order valence-electron chi connectivity index (χ0n) is 18.1. The zero-order chi connectivity index (χ0) is 24.5. The summed E-state index contributed by atoms with van der Waals surface area (Å²) in [7, 11) is -3.08. The van der Waals surface area contributed by atoms with Crippen LogP contribution in [-0.2, 0) is 10.0 Å². The monoisotopic (exact) mass is 483 g/mol. The Balaban J connectivity index is 1.80. The molecule has 1 amide bonds. The third kappa shape index (κ3) is 4.59. The number of pyridine rings is 1. The van der Waals surface area contributed by atoms with Gasteiger partial charge in [0.2, 0.25) is 15.9 Å². The van der Waals surface area contributed by atoms with Crippen molar-refractivity contribution in [2.75, 3.05) is 12.4 Å². The van der Waals surface area contributed by atoms with E-state index in [2.05, 4.69) is 10.3 Å². The predicted molar refractivity (Wildman–Crippen MR) is 124 cm³/mol. The van der Waals surface area contributed by atoms with E-state index in [0.29, 0.717) is 16.5 Å². The third-order valence-electron chi connectivity index (χ3n) is 5.03. The minimum absolute atomic E-state index is 0.0282. The van der Waals surface area contributed by atoms with Gasteiger partial charge in [0.05, 0.1) is 11.2 Å². The summed E-state index contributed by atoms with van der Waals surface area (Å²) in [5.41, 5.74) is 0.739. The lowest BCUT2D eigenvalue weighted by Gasteiger charge is -2.15. The molecular formula is C24H19F2N3O4S. The van der Waals surface area contributed by atoms with Gasteiger partial charge in [-0.1, -0.05) is 24.3 Å². The number of carbonyl (C=O) groups excluding carboxylic acids is 1. The number of para-hydroxylation sites is 1. The Morgan fingerprint density at radius 2 is 1.76 bits per heavy atom. The Hall–Kier alpha value is -3.89. The van der Waals surface area contributed by atoms with Crippen LogP contribution in [0.5, 0.6) is 11.6 Å². The first-order chi connectivity index (χ1) is 16.2. The van der Waals surface area contributed by atoms with E-state index in [0.717, 1.165) is 13.1 Å². The lowest BCUT2D eigenvalue weighted by Crippen LogP contribution is -2.23. The Bertz CT molecular complexity index is 1520. The Kier molecular flexibility index (Phi) is 6.27. The van der Waals surface area contributed by atoms with Gasteiger partial charge in [-0.2, -0.15) is 0 Å². The van der Waals surface area contributed by atoms with Crippen LogP contribution >= 0.6 is 0 Å². The highest BCUT2D eigenvalue weighted by atomic mass is 32.2. The van der Waals surface area contributed by atoms with E-state index in [9.17, 15) is 22.0 Å². The summed E-state index contributed by atoms with van der Waals surface area (Å²) in [4.78, 5) is 17.0. The van der Waals surface area contributed by atoms with Gasteiger partial charge in [-0.25, -0.2) is 26.9 Å². The van der Waals surface area contributed by atoms with Crippen LogP contribution in [0, 0.1) is 18.6 Å². The summed E-state index contributed by atoms with van der Waals surface area (Å²) in [6.45, 7) is 1.64. The lowest BCUT2D eigenvalue weighted by molar-refractivity contribution is 0.102. The normalized spacial score (nSPS) is 11.4. The zero-order valence-corrected chi connectivity index (χ0v) is 18.9. The van der Waals surface area contributed by atoms with Crippen LogP contribution in [0.3, 0.4) is 0 Å². The average molecular weight is 483 g/mol. The number of halogens is 2. The first-order valence-corrected chi connectivity index (χ1v) is 11.5. The van der Waals surface area contributed by atoms with Gasteiger partial charge in [0, 0.05) is 5.39 Å². The number of aryl methyl sites for hydroxylation is 1. The number of hydrogen-bond acceptors (Lipinski definition) is 5. The van der Waals surface area contributed by atoms with Gasteiger partial charge in [-0.15, -0.1) is 0 Å². The van der Waals surface area contributed by atoms with Crippen molar-refractivity contribution in [3.63, 3.8) is 0 Å². The Morgan fingerprint density at radius 3 is 2.50 bits per heavy atom. The van der Waals surface area contributed by atoms with Gasteiger partial charge in [-0.05, 0) is 62.0 Å². The summed E-state index contributed by atoms with van der Waals surface area (Å²) in [5.74, 6) is -2.05. The van der Waals surface area contributed by atoms with Crippen LogP contribution in [0.15, 0.2) is 71.6 Å². The SMILES string of the molecule is CNS(=O)(=O)c1c(F)cccc1NC(=O)c1cc2ccccc2nc1Oc1ccc(F)cc1C. The fourth-order valence-electron chi connectivity index (χ4n) is 3.34. The molecule has 3 aromatic carbocycles. The maximum Gasteiger partial charge on any atom is 0.261 e. The van der Waals surface area contributed by atoms with Gasteiger partial charge in [0.15, 0.2) is 0 Å². The molecule has 1 aromatic heterocycles. The Labute approximate surface area is 194 Å². The van der Waals surface area contributed by atoms with Gasteiger partial charge in [0.25, 0.3) is 5.91 Å². The first-order valence-electron chi connectivity index (χ1n) is 10.1. The number of aromatic nitrogens is 1. The number of amides is 1. The maximum absolute atomic E-state index is 14.4. The second kappa shape index (κ2) is 9.16. The molecule has 34 heavy (non-hydrogen) atoms. The van der Waals surface area contributed by atoms with E-state index >= 15 is 0 Å². The highest BCUT2D eigenvalue weighted by molar-refractivity contribution is 7.89. The molecule has 0 aliphatic carbocycles. The quantitative estimate of drug-likeness (QED) is 0.412. The van der Waals surface area contributed by atoms with E-state index in [1.807, 2.05) is 4.72 Å². The number of rotatable bonds is 6. The fraction of sp³-hybridized carbons (Fsp3) is 0.0833. The van der Waals surface area contributed by atoms with Crippen molar-refractivity contribution < 1.29 is 26.7 Å². The number of nitrogens with one attached hydrogen (secondary N) is 2. The molecule has 10 heteroatoms. The van der Waals surface area contributed by atoms with Crippen molar-refractivity contribution in [2.45, 2.75) is 11.8 Å². The van der Waals surface area contributed by atoms with Gasteiger partial charge in [-0.3, -0.25) is 4.79 Å². The predicted octanol–water partition coefficient (Wildman–Crippen LogP) is 4.77. The smallest absolute Gasteiger partial charge is 0.261 e. The van der Waals surface area contributed by atoms with Crippen LogP contribution < -0.4 is 14.8 Å². The molecule has 0 radical (unpaired) electrons. The first kappa shape index (κ1) is 23.3. The number of hydrogen-bond donors (Lipinski definition) is 2. The minimum atomic E-state index is -4.21. The number of sulfonamides is 1. The third-order valence-corrected chi connectivity index (χ3v) is 6.52. The molecular weight excluding hydrogens is 464 g/mol. The van der Waals surface area contributed by atoms with Crippen LogP contribution in [0.1, 0.15) is 15.9 Å². The molecule has 0 spiro atoms. The summed E-state index contributed by atoms with van der Waals surface area (Å²) in [5, 5.41) is 3.07. The van der Waals surface area contributed by atoms with Crippen molar-refractivity contribution in [3.05, 3.63) is 89.5 Å². The summed E-state index contributed by atoms with van der Waals surface area (Å²) in [6.07, 6.45) is 0. The molecule has 0 unspecified atom stereocenters. The minimum Gasteiger partial charge on any atom is -0.438 e. The average Bonchev–Trinajstić information content (AvgIpc) is 2.80. The molecule has 0 aliphatic heterocycles. The van der Waals surface area contributed by atoms with Gasteiger partial charge >= 0.3 is 0 Å². The maximum atomic E-state index is 14.4. The molecule has 2 N–H and O–H groups in total. The molecule has 0 bridgehead atoms. The molecule has 0 aliphatic rings. The summed E-state index contributed by atoms with van der Waals surface area (Å²) < 4.78 is 60.5. The topological polar surface area (TPSA) is 97.4 Å². The summed E-state index contributed by atoms with van der Waals surface area (Å²) in [6, 6.07) is 15.9. The van der Waals surface area contributed by atoms with Crippen LogP contribution in [0.25, 0.3) is 10.9 Å². The highest BCUT2D eigenvalue weighted by Crippen LogP contribution is 2.31. The van der Waals surface area contributed by atoms with Crippen LogP contribution in [0.2, 0.25) is 0 Å². The molecule has 0 atom stereocenters. The molecule has 4 aromatic rings. The van der Waals surface area contributed by atoms with Crippen molar-refractivity contribution in [1.82, 2.24) is 9.71 Å². The lowest BCUT2D eigenvalue weighted by atomic mass is 10.1. The number of ether oxygens (including phenoxy) is 1. The summed E-state index contributed by atoms with van der Waals surface area (Å²) >= 11 is 0. The van der Waals surface area contributed by atoms with Gasteiger partial charge < -0.3 is 10.1 Å². The molecule has 0 saturated carbocycles. The number of carbonyl (C=O) groups is 1. The standard InChI is InChI=1S/C24H19F2N3O4S/c1-14-12-16(25)10-11-21(14)33-24-17(13-15-6-3-4-8-19(15)29-24)23(30)28-20-9-5-7-18(26)22(20)34(31,32)27-2/h3-13,27H,1-2H3,(H,28,30). The van der Waals surface area contributed by atoms with Crippen LogP contribution in [0.4, 0.5) is 14.5 Å². The highest BCUT2D eigenvalue weighted by Gasteiger charge is 2.25. The van der Waals surface area contributed by atoms with Crippen LogP contribution in [-0.4, -0.2) is 26.4 Å². The molecule has 7 nitrogen and oxygen atoms in total. The van der Waals surface area contributed by atoms with Crippen molar-refractivity contribution in [3.8, 4) is 11.6 Å². The van der Waals surface area contributed by atoms with Crippen molar-refractivity contribution >= 4 is 32.5 Å². The Morgan fingerprint density at radius 1 is 1.00 bits per heavy atom.